The summed E-state index contributed by atoms with van der Waals surface area (Å²) in [5.41, 5.74) is 5.49. The van der Waals surface area contributed by atoms with Crippen LogP contribution in [-0.2, 0) is 27.3 Å². The van der Waals surface area contributed by atoms with E-state index in [1.54, 1.807) is 11.3 Å². The van der Waals surface area contributed by atoms with Crippen molar-refractivity contribution in [2.75, 3.05) is 24.6 Å². The average Bonchev–Trinajstić information content (AvgIpc) is 3.63. The number of likely N-dealkylation sites (tertiary alicyclic amines) is 1. The van der Waals surface area contributed by atoms with Crippen LogP contribution >= 0.6 is 22.9 Å². The van der Waals surface area contributed by atoms with Crippen molar-refractivity contribution in [3.63, 3.8) is 0 Å². The van der Waals surface area contributed by atoms with Gasteiger partial charge in [-0.2, -0.15) is 0 Å². The third-order valence-electron chi connectivity index (χ3n) is 7.37. The number of carbonyl (C=O) groups excluding carboxylic acids is 2. The summed E-state index contributed by atoms with van der Waals surface area (Å²) < 4.78 is 1.04. The number of pyridine rings is 1. The Balaban J connectivity index is 0.000000937. The minimum Gasteiger partial charge on any atom is -0.483 e. The molecule has 6 rings (SSSR count). The molecule has 0 aliphatic carbocycles. The van der Waals surface area contributed by atoms with Crippen molar-refractivity contribution in [3.05, 3.63) is 45.9 Å². The molecule has 2 fully saturated rings. The minimum atomic E-state index is -0.250. The molecule has 2 atom stereocenters. The quantitative estimate of drug-likeness (QED) is 0.323. The van der Waals surface area contributed by atoms with Gasteiger partial charge in [-0.3, -0.25) is 24.3 Å². The number of carboxylic acid groups (broad SMARTS) is 1. The van der Waals surface area contributed by atoms with Gasteiger partial charge in [-0.25, -0.2) is 0 Å². The van der Waals surface area contributed by atoms with Gasteiger partial charge in [-0.1, -0.05) is 11.6 Å². The lowest BCUT2D eigenvalue weighted by Crippen LogP contribution is -2.40. The molecule has 11 heteroatoms. The van der Waals surface area contributed by atoms with E-state index in [4.69, 9.17) is 21.5 Å². The summed E-state index contributed by atoms with van der Waals surface area (Å²) in [5.74, 6) is -0.210. The summed E-state index contributed by atoms with van der Waals surface area (Å²) in [6, 6.07) is 8.60. The molecular weight excluding hydrogens is 528 g/mol. The highest BCUT2D eigenvalue weighted by Crippen LogP contribution is 2.45. The summed E-state index contributed by atoms with van der Waals surface area (Å²) >= 11 is 8.22. The van der Waals surface area contributed by atoms with E-state index in [9.17, 15) is 14.7 Å². The highest BCUT2D eigenvalue weighted by atomic mass is 35.5. The first-order valence-corrected chi connectivity index (χ1v) is 13.8. The molecule has 5 heterocycles. The lowest BCUT2D eigenvalue weighted by molar-refractivity contribution is -0.139. The van der Waals surface area contributed by atoms with Crippen LogP contribution in [-0.4, -0.2) is 70.2 Å². The molecule has 0 radical (unpaired) electrons. The van der Waals surface area contributed by atoms with Crippen LogP contribution in [0.1, 0.15) is 36.1 Å². The third kappa shape index (κ3) is 5.13. The van der Waals surface area contributed by atoms with Crippen molar-refractivity contribution in [2.45, 2.75) is 50.7 Å². The van der Waals surface area contributed by atoms with Crippen LogP contribution in [0.5, 0.6) is 0 Å². The molecule has 2 amide bonds. The van der Waals surface area contributed by atoms with E-state index in [1.807, 2.05) is 24.4 Å². The predicted octanol–water partition coefficient (Wildman–Crippen LogP) is 3.44. The molecule has 9 nitrogen and oxygen atoms in total. The second kappa shape index (κ2) is 11.4. The zero-order valence-electron chi connectivity index (χ0n) is 20.7. The number of aliphatic hydroxyl groups is 1. The van der Waals surface area contributed by atoms with Crippen molar-refractivity contribution in [1.29, 1.82) is 0 Å². The normalized spacial score (nSPS) is 21.0. The zero-order chi connectivity index (χ0) is 26.8. The van der Waals surface area contributed by atoms with Gasteiger partial charge in [0.1, 0.15) is 0 Å². The molecular formula is C27H29ClN4O5S. The molecule has 3 aliphatic rings. The first kappa shape index (κ1) is 26.6. The molecule has 0 saturated carbocycles. The highest BCUT2D eigenvalue weighted by molar-refractivity contribution is 7.19. The molecule has 2 aromatic heterocycles. The van der Waals surface area contributed by atoms with Gasteiger partial charge in [0.05, 0.1) is 23.4 Å². The minimum absolute atomic E-state index is 0.105. The lowest BCUT2D eigenvalue weighted by Gasteiger charge is -2.38. The molecule has 1 aromatic carbocycles. The Bertz CT molecular complexity index is 1360. The maximum atomic E-state index is 12.2. The van der Waals surface area contributed by atoms with E-state index in [2.05, 4.69) is 21.3 Å². The number of aliphatic hydroxyl groups excluding tert-OH is 1. The van der Waals surface area contributed by atoms with Crippen LogP contribution in [0.2, 0.25) is 5.02 Å². The molecule has 3 aromatic rings. The number of rotatable bonds is 5. The van der Waals surface area contributed by atoms with E-state index < -0.39 is 0 Å². The maximum Gasteiger partial charge on any atom is 0.290 e. The smallest absolute Gasteiger partial charge is 0.290 e. The van der Waals surface area contributed by atoms with Crippen LogP contribution in [0.15, 0.2) is 30.5 Å². The number of fused-ring (bicyclic) bond motifs is 2. The third-order valence-corrected chi connectivity index (χ3v) is 8.73. The van der Waals surface area contributed by atoms with Crippen molar-refractivity contribution in [3.8, 4) is 11.1 Å². The summed E-state index contributed by atoms with van der Waals surface area (Å²) in [5, 5.41) is 20.7. The number of imide groups is 1. The van der Waals surface area contributed by atoms with Gasteiger partial charge in [-0.05, 0) is 49.1 Å². The van der Waals surface area contributed by atoms with Gasteiger partial charge in [0, 0.05) is 70.9 Å². The van der Waals surface area contributed by atoms with Crippen LogP contribution in [0.4, 0.5) is 5.69 Å². The van der Waals surface area contributed by atoms with Crippen molar-refractivity contribution in [2.24, 2.45) is 0 Å². The van der Waals surface area contributed by atoms with Gasteiger partial charge in [0.2, 0.25) is 11.8 Å². The number of benzene rings is 1. The summed E-state index contributed by atoms with van der Waals surface area (Å²) in [4.78, 5) is 42.1. The van der Waals surface area contributed by atoms with Crippen LogP contribution in [0, 0.1) is 0 Å². The monoisotopic (exact) mass is 556 g/mol. The van der Waals surface area contributed by atoms with Crippen LogP contribution in [0.25, 0.3) is 21.3 Å². The largest absolute Gasteiger partial charge is 0.483 e. The Morgan fingerprint density at radius 2 is 1.92 bits per heavy atom. The van der Waals surface area contributed by atoms with Gasteiger partial charge >= 0.3 is 0 Å². The molecule has 0 unspecified atom stereocenters. The fraction of sp³-hybridized carbons (Fsp3) is 0.407. The fourth-order valence-corrected chi connectivity index (χ4v) is 7.09. The van der Waals surface area contributed by atoms with Gasteiger partial charge in [-0.15, -0.1) is 11.3 Å². The summed E-state index contributed by atoms with van der Waals surface area (Å²) in [6.45, 7) is 2.01. The topological polar surface area (TPSA) is 123 Å². The lowest BCUT2D eigenvalue weighted by atomic mass is 9.92. The Morgan fingerprint density at radius 3 is 2.63 bits per heavy atom. The Morgan fingerprint density at radius 1 is 1.16 bits per heavy atom. The second-order valence-electron chi connectivity index (χ2n) is 9.70. The number of anilines is 1. The molecule has 0 spiro atoms. The highest BCUT2D eigenvalue weighted by Gasteiger charge is 2.33. The number of hydrogen-bond donors (Lipinski definition) is 3. The number of halogens is 1. The Hall–Kier alpha value is -3.05. The number of thiophene rings is 1. The van der Waals surface area contributed by atoms with E-state index in [0.717, 1.165) is 58.6 Å². The number of amides is 2. The number of nitrogens with one attached hydrogen (secondary N) is 1. The molecule has 3 N–H and O–H groups in total. The molecule has 38 heavy (non-hydrogen) atoms. The van der Waals surface area contributed by atoms with Crippen molar-refractivity contribution in [1.82, 2.24) is 15.2 Å². The van der Waals surface area contributed by atoms with Crippen LogP contribution < -0.4 is 10.2 Å². The number of carbonyl (C=O) groups is 3. The Kier molecular flexibility index (Phi) is 7.94. The number of aromatic nitrogens is 1. The first-order chi connectivity index (χ1) is 18.4. The Labute approximate surface area is 229 Å². The molecule has 3 aliphatic heterocycles. The number of aryl methyl sites for hydroxylation is 1. The van der Waals surface area contributed by atoms with Gasteiger partial charge in [0.15, 0.2) is 0 Å². The standard InChI is InChI=1S/C26H27ClN4O3S.CH2O2/c27-16-8-15-2-1-7-30(18-10-17(14-32)29-12-18)25(15)21(9-16)20-5-6-28-22-11-19(35-26(20)22)13-31-23(33)3-4-24(31)34;2-1-3/h5-6,8-9,11,17-18,29,32H,1-4,7,10,12-14H2;1H,(H,2,3)/t17-,18-;/m1./s1. The molecule has 0 bridgehead atoms. The van der Waals surface area contributed by atoms with Gasteiger partial charge < -0.3 is 20.4 Å². The fourth-order valence-electron chi connectivity index (χ4n) is 5.71. The zero-order valence-corrected chi connectivity index (χ0v) is 22.3. The van der Waals surface area contributed by atoms with E-state index >= 15 is 0 Å². The van der Waals surface area contributed by atoms with Gasteiger partial charge in [0.25, 0.3) is 6.47 Å². The number of nitrogens with zero attached hydrogens (tertiary/aromatic N) is 3. The SMILES string of the molecule is O=C1CCC(=O)N1Cc1cc2nccc(-c3cc(Cl)cc4c3N([C@H]3CN[C@@H](CO)C3)CCC4)c2s1.O=CO. The van der Waals surface area contributed by atoms with Crippen molar-refractivity contribution >= 4 is 57.1 Å². The summed E-state index contributed by atoms with van der Waals surface area (Å²) in [7, 11) is 0. The second-order valence-corrected chi connectivity index (χ2v) is 11.3. The molecule has 2 saturated heterocycles. The van der Waals surface area contributed by atoms with E-state index in [1.165, 1.54) is 16.2 Å². The van der Waals surface area contributed by atoms with E-state index in [-0.39, 0.29) is 30.9 Å². The summed E-state index contributed by atoms with van der Waals surface area (Å²) in [6.07, 6.45) is 5.37. The van der Waals surface area contributed by atoms with Crippen LogP contribution in [0.3, 0.4) is 0 Å². The predicted molar refractivity (Wildman–Crippen MR) is 146 cm³/mol. The number of hydrogen-bond acceptors (Lipinski definition) is 8. The first-order valence-electron chi connectivity index (χ1n) is 12.7. The maximum absolute atomic E-state index is 12.2. The van der Waals surface area contributed by atoms with Crippen molar-refractivity contribution < 1.29 is 24.6 Å². The molecule has 200 valence electrons. The van der Waals surface area contributed by atoms with E-state index in [0.29, 0.717) is 30.5 Å². The average molecular weight is 557 g/mol.